The van der Waals surface area contributed by atoms with E-state index in [-0.39, 0.29) is 6.42 Å². The molecule has 0 rings (SSSR count). The van der Waals surface area contributed by atoms with Gasteiger partial charge in [-0.1, -0.05) is 20.8 Å². The van der Waals surface area contributed by atoms with Crippen molar-refractivity contribution in [3.8, 4) is 6.07 Å². The van der Waals surface area contributed by atoms with Gasteiger partial charge in [0, 0.05) is 0 Å². The van der Waals surface area contributed by atoms with Crippen molar-refractivity contribution in [2.24, 2.45) is 0 Å². The molecule has 0 aromatic rings. The molecule has 0 aliphatic carbocycles. The van der Waals surface area contributed by atoms with Crippen LogP contribution in [0.3, 0.4) is 0 Å². The van der Waals surface area contributed by atoms with Crippen LogP contribution >= 0.6 is 0 Å². The van der Waals surface area contributed by atoms with Crippen LogP contribution in [0.1, 0.15) is 33.6 Å². The summed E-state index contributed by atoms with van der Waals surface area (Å²) in [4.78, 5) is 0. The van der Waals surface area contributed by atoms with Crippen molar-refractivity contribution in [1.82, 2.24) is 0 Å². The predicted molar refractivity (Wildman–Crippen MR) is 37.9 cm³/mol. The molecule has 0 saturated carbocycles. The van der Waals surface area contributed by atoms with Crippen LogP contribution in [0.5, 0.6) is 0 Å². The lowest BCUT2D eigenvalue weighted by atomic mass is 10.2. The first-order valence-electron chi connectivity index (χ1n) is 3.36. The highest BCUT2D eigenvalue weighted by molar-refractivity contribution is 4.73. The molecule has 2 nitrogen and oxygen atoms in total. The maximum Gasteiger partial charge on any atom is 0.0667 e. The van der Waals surface area contributed by atoms with Crippen LogP contribution in [0.4, 0.5) is 0 Å². The van der Waals surface area contributed by atoms with E-state index in [0.29, 0.717) is 6.42 Å². The minimum atomic E-state index is -0.412. The first-order chi connectivity index (χ1) is 4.31. The molecule has 0 saturated heterocycles. The molecule has 0 aliphatic rings. The topological polar surface area (TPSA) is 44.0 Å². The minimum Gasteiger partial charge on any atom is -0.392 e. The summed E-state index contributed by atoms with van der Waals surface area (Å²) >= 11 is 0. The molecule has 9 heavy (non-hydrogen) atoms. The van der Waals surface area contributed by atoms with Crippen molar-refractivity contribution in [3.63, 3.8) is 0 Å². The van der Waals surface area contributed by atoms with E-state index in [0.717, 1.165) is 0 Å². The highest BCUT2D eigenvalue weighted by atomic mass is 16.3. The largest absolute Gasteiger partial charge is 0.392 e. The third-order valence-corrected chi connectivity index (χ3v) is 0.798. The molecule has 0 bridgehead atoms. The van der Waals surface area contributed by atoms with Gasteiger partial charge in [-0.3, -0.25) is 0 Å². The number of aliphatic hydroxyl groups is 1. The molecule has 0 aromatic carbocycles. The molecule has 2 heteroatoms. The Labute approximate surface area is 57.1 Å². The van der Waals surface area contributed by atoms with E-state index in [9.17, 15) is 0 Å². The number of aliphatic hydroxyl groups excluding tert-OH is 1. The Morgan fingerprint density at radius 3 is 2.11 bits per heavy atom. The van der Waals surface area contributed by atoms with Crippen LogP contribution in [-0.4, -0.2) is 11.2 Å². The van der Waals surface area contributed by atoms with Gasteiger partial charge in [-0.2, -0.15) is 5.26 Å². The molecule has 0 amide bonds. The van der Waals surface area contributed by atoms with E-state index in [1.165, 1.54) is 0 Å². The SMILES string of the molecule is CC.CCC(O)CC#N. The quantitative estimate of drug-likeness (QED) is 0.616. The Morgan fingerprint density at radius 1 is 1.56 bits per heavy atom. The fourth-order valence-corrected chi connectivity index (χ4v) is 0.250. The zero-order valence-corrected chi connectivity index (χ0v) is 6.39. The molecule has 1 unspecified atom stereocenters. The number of rotatable bonds is 2. The average molecular weight is 129 g/mol. The molecular weight excluding hydrogens is 114 g/mol. The second kappa shape index (κ2) is 10.4. The lowest BCUT2D eigenvalue weighted by Crippen LogP contribution is -2.00. The molecule has 1 N–H and O–H groups in total. The normalized spacial score (nSPS) is 10.6. The van der Waals surface area contributed by atoms with Gasteiger partial charge in [0.15, 0.2) is 0 Å². The maximum atomic E-state index is 8.64. The minimum absolute atomic E-state index is 0.260. The van der Waals surface area contributed by atoms with Crippen molar-refractivity contribution in [1.29, 1.82) is 5.26 Å². The molecule has 0 aromatic heterocycles. The Morgan fingerprint density at radius 2 is 2.00 bits per heavy atom. The fourth-order valence-electron chi connectivity index (χ4n) is 0.250. The lowest BCUT2D eigenvalue weighted by Gasteiger charge is -1.96. The van der Waals surface area contributed by atoms with Gasteiger partial charge in [0.2, 0.25) is 0 Å². The van der Waals surface area contributed by atoms with E-state index in [2.05, 4.69) is 0 Å². The Bertz CT molecular complexity index is 75.5. The second-order valence-corrected chi connectivity index (χ2v) is 1.42. The summed E-state index contributed by atoms with van der Waals surface area (Å²) in [5.74, 6) is 0. The van der Waals surface area contributed by atoms with Crippen molar-refractivity contribution >= 4 is 0 Å². The standard InChI is InChI=1S/C5H9NO.C2H6/c1-2-5(7)3-4-6;1-2/h5,7H,2-3H2,1H3;1-2H3. The van der Waals surface area contributed by atoms with Crippen LogP contribution in [0.25, 0.3) is 0 Å². The molecule has 1 atom stereocenters. The van der Waals surface area contributed by atoms with Crippen LogP contribution in [0.15, 0.2) is 0 Å². The van der Waals surface area contributed by atoms with Gasteiger partial charge in [0.25, 0.3) is 0 Å². The van der Waals surface area contributed by atoms with Crippen molar-refractivity contribution in [3.05, 3.63) is 0 Å². The van der Waals surface area contributed by atoms with Gasteiger partial charge in [0.05, 0.1) is 18.6 Å². The average Bonchev–Trinajstić information content (AvgIpc) is 1.93. The zero-order valence-electron chi connectivity index (χ0n) is 6.39. The van der Waals surface area contributed by atoms with Crippen LogP contribution in [0, 0.1) is 11.3 Å². The Kier molecular flexibility index (Phi) is 13.1. The first-order valence-corrected chi connectivity index (χ1v) is 3.36. The van der Waals surface area contributed by atoms with Gasteiger partial charge in [-0.15, -0.1) is 0 Å². The maximum absolute atomic E-state index is 8.64. The highest BCUT2D eigenvalue weighted by Gasteiger charge is 1.95. The van der Waals surface area contributed by atoms with E-state index < -0.39 is 6.10 Å². The molecule has 54 valence electrons. The van der Waals surface area contributed by atoms with Crippen molar-refractivity contribution in [2.75, 3.05) is 0 Å². The first kappa shape index (κ1) is 11.3. The van der Waals surface area contributed by atoms with Crippen molar-refractivity contribution < 1.29 is 5.11 Å². The summed E-state index contributed by atoms with van der Waals surface area (Å²) in [6.45, 7) is 5.85. The van der Waals surface area contributed by atoms with Crippen LogP contribution < -0.4 is 0 Å². The van der Waals surface area contributed by atoms with E-state index >= 15 is 0 Å². The van der Waals surface area contributed by atoms with Gasteiger partial charge >= 0.3 is 0 Å². The molecule has 0 heterocycles. The molecule has 0 fully saturated rings. The fraction of sp³-hybridized carbons (Fsp3) is 0.857. The van der Waals surface area contributed by atoms with Crippen molar-refractivity contribution in [2.45, 2.75) is 39.7 Å². The smallest absolute Gasteiger partial charge is 0.0667 e. The van der Waals surface area contributed by atoms with E-state index in [1.54, 1.807) is 0 Å². The highest BCUT2D eigenvalue weighted by Crippen LogP contribution is 1.92. The Hall–Kier alpha value is -0.550. The molecule has 0 aliphatic heterocycles. The number of hydrogen-bond acceptors (Lipinski definition) is 2. The summed E-state index contributed by atoms with van der Waals surface area (Å²) in [7, 11) is 0. The van der Waals surface area contributed by atoms with Gasteiger partial charge in [-0.25, -0.2) is 0 Å². The van der Waals surface area contributed by atoms with Gasteiger partial charge in [0.1, 0.15) is 0 Å². The lowest BCUT2D eigenvalue weighted by molar-refractivity contribution is 0.175. The number of nitriles is 1. The van der Waals surface area contributed by atoms with E-state index in [4.69, 9.17) is 10.4 Å². The number of nitrogens with zero attached hydrogens (tertiary/aromatic N) is 1. The summed E-state index contributed by atoms with van der Waals surface area (Å²) in [5.41, 5.74) is 0. The third kappa shape index (κ3) is 11.2. The molecule has 0 spiro atoms. The summed E-state index contributed by atoms with van der Waals surface area (Å²) in [6, 6.07) is 1.87. The summed E-state index contributed by atoms with van der Waals surface area (Å²) in [6.07, 6.45) is 0.523. The second-order valence-electron chi connectivity index (χ2n) is 1.42. The van der Waals surface area contributed by atoms with Crippen LogP contribution in [0.2, 0.25) is 0 Å². The Balaban J connectivity index is 0. The predicted octanol–water partition coefficient (Wildman–Crippen LogP) is 1.70. The summed E-state index contributed by atoms with van der Waals surface area (Å²) in [5, 5.41) is 16.6. The monoisotopic (exact) mass is 129 g/mol. The van der Waals surface area contributed by atoms with Gasteiger partial charge in [-0.05, 0) is 6.42 Å². The van der Waals surface area contributed by atoms with Crippen LogP contribution in [-0.2, 0) is 0 Å². The number of hydrogen-bond donors (Lipinski definition) is 1. The summed E-state index contributed by atoms with van der Waals surface area (Å²) < 4.78 is 0. The van der Waals surface area contributed by atoms with E-state index in [1.807, 2.05) is 26.8 Å². The molecule has 0 radical (unpaired) electrons. The third-order valence-electron chi connectivity index (χ3n) is 0.798. The molecular formula is C7H15NO. The van der Waals surface area contributed by atoms with Gasteiger partial charge < -0.3 is 5.11 Å². The zero-order chi connectivity index (χ0) is 7.70.